The highest BCUT2D eigenvalue weighted by Crippen LogP contribution is 2.13. The van der Waals surface area contributed by atoms with Crippen molar-refractivity contribution in [2.45, 2.75) is 32.7 Å². The molecule has 0 radical (unpaired) electrons. The van der Waals surface area contributed by atoms with Gasteiger partial charge < -0.3 is 4.90 Å². The fourth-order valence-corrected chi connectivity index (χ4v) is 1.48. The standard InChI is InChI=1S/C8H16N2/c1-7(2)10-6-4-5-8(10)9-3/h7H,4-6H2,1-3H3/b9-8+. The van der Waals surface area contributed by atoms with E-state index < -0.39 is 0 Å². The van der Waals surface area contributed by atoms with Gasteiger partial charge in [0.2, 0.25) is 0 Å². The third kappa shape index (κ3) is 1.31. The SMILES string of the molecule is C/N=C1\CCCN1C(C)C. The van der Waals surface area contributed by atoms with Gasteiger partial charge in [-0.1, -0.05) is 0 Å². The summed E-state index contributed by atoms with van der Waals surface area (Å²) >= 11 is 0. The van der Waals surface area contributed by atoms with E-state index in [1.165, 1.54) is 25.2 Å². The van der Waals surface area contributed by atoms with Crippen LogP contribution >= 0.6 is 0 Å². The molecule has 58 valence electrons. The van der Waals surface area contributed by atoms with E-state index in [0.717, 1.165) is 0 Å². The number of amidine groups is 1. The number of aliphatic imine (C=N–C) groups is 1. The van der Waals surface area contributed by atoms with Crippen LogP contribution in [0.1, 0.15) is 26.7 Å². The highest BCUT2D eigenvalue weighted by atomic mass is 15.2. The number of likely N-dealkylation sites (tertiary alicyclic amines) is 1. The van der Waals surface area contributed by atoms with Crippen LogP contribution in [0.3, 0.4) is 0 Å². The number of hydrogen-bond acceptors (Lipinski definition) is 1. The quantitative estimate of drug-likeness (QED) is 0.539. The van der Waals surface area contributed by atoms with Crippen molar-refractivity contribution in [3.05, 3.63) is 0 Å². The zero-order chi connectivity index (χ0) is 7.56. The lowest BCUT2D eigenvalue weighted by atomic mass is 10.3. The van der Waals surface area contributed by atoms with Crippen molar-refractivity contribution in [2.24, 2.45) is 4.99 Å². The summed E-state index contributed by atoms with van der Waals surface area (Å²) in [7, 11) is 1.88. The van der Waals surface area contributed by atoms with Crippen molar-refractivity contribution in [3.63, 3.8) is 0 Å². The maximum Gasteiger partial charge on any atom is 0.0988 e. The normalized spacial score (nSPS) is 23.2. The van der Waals surface area contributed by atoms with Gasteiger partial charge in [-0.2, -0.15) is 0 Å². The molecule has 1 heterocycles. The molecule has 0 aliphatic carbocycles. The predicted molar refractivity (Wildman–Crippen MR) is 44.4 cm³/mol. The van der Waals surface area contributed by atoms with Gasteiger partial charge in [0.05, 0.1) is 5.84 Å². The molecule has 1 saturated heterocycles. The van der Waals surface area contributed by atoms with Gasteiger partial charge in [-0.3, -0.25) is 4.99 Å². The van der Waals surface area contributed by atoms with Crippen LogP contribution in [0.25, 0.3) is 0 Å². The van der Waals surface area contributed by atoms with Crippen LogP contribution in [-0.2, 0) is 0 Å². The molecule has 0 aromatic heterocycles. The molecule has 0 aromatic rings. The first-order valence-corrected chi connectivity index (χ1v) is 3.98. The van der Waals surface area contributed by atoms with Crippen molar-refractivity contribution in [2.75, 3.05) is 13.6 Å². The highest BCUT2D eigenvalue weighted by Gasteiger charge is 2.19. The van der Waals surface area contributed by atoms with Crippen LogP contribution in [0.2, 0.25) is 0 Å². The van der Waals surface area contributed by atoms with E-state index >= 15 is 0 Å². The molecule has 0 bridgehead atoms. The second-order valence-corrected chi connectivity index (χ2v) is 3.03. The topological polar surface area (TPSA) is 15.6 Å². The Labute approximate surface area is 62.9 Å². The lowest BCUT2D eigenvalue weighted by Gasteiger charge is -2.22. The Balaban J connectivity index is 2.59. The summed E-state index contributed by atoms with van der Waals surface area (Å²) in [4.78, 5) is 6.61. The van der Waals surface area contributed by atoms with Crippen LogP contribution in [0.5, 0.6) is 0 Å². The molecule has 0 atom stereocenters. The second-order valence-electron chi connectivity index (χ2n) is 3.03. The Hall–Kier alpha value is -0.530. The van der Waals surface area contributed by atoms with Crippen LogP contribution in [-0.4, -0.2) is 30.4 Å². The second kappa shape index (κ2) is 3.04. The number of rotatable bonds is 1. The van der Waals surface area contributed by atoms with Gasteiger partial charge in [0.25, 0.3) is 0 Å². The summed E-state index contributed by atoms with van der Waals surface area (Å²) in [5.41, 5.74) is 0. The van der Waals surface area contributed by atoms with Gasteiger partial charge in [0, 0.05) is 26.1 Å². The van der Waals surface area contributed by atoms with Gasteiger partial charge >= 0.3 is 0 Å². The molecule has 0 amide bonds. The molecule has 2 heteroatoms. The van der Waals surface area contributed by atoms with Crippen molar-refractivity contribution >= 4 is 5.84 Å². The average Bonchev–Trinajstić information content (AvgIpc) is 2.33. The van der Waals surface area contributed by atoms with Crippen molar-refractivity contribution in [3.8, 4) is 0 Å². The molecule has 1 rings (SSSR count). The Kier molecular flexibility index (Phi) is 2.30. The van der Waals surface area contributed by atoms with Crippen LogP contribution in [0.15, 0.2) is 4.99 Å². The summed E-state index contributed by atoms with van der Waals surface area (Å²) in [6.45, 7) is 5.64. The van der Waals surface area contributed by atoms with Crippen LogP contribution in [0, 0.1) is 0 Å². The van der Waals surface area contributed by atoms with E-state index in [1.54, 1.807) is 0 Å². The molecule has 0 saturated carbocycles. The van der Waals surface area contributed by atoms with E-state index in [9.17, 15) is 0 Å². The molecule has 1 aliphatic heterocycles. The largest absolute Gasteiger partial charge is 0.358 e. The van der Waals surface area contributed by atoms with Gasteiger partial charge in [-0.15, -0.1) is 0 Å². The maximum absolute atomic E-state index is 4.23. The molecule has 1 aliphatic rings. The Morgan fingerprint density at radius 2 is 2.20 bits per heavy atom. The summed E-state index contributed by atoms with van der Waals surface area (Å²) < 4.78 is 0. The summed E-state index contributed by atoms with van der Waals surface area (Å²) in [6.07, 6.45) is 2.46. The number of nitrogens with zero attached hydrogens (tertiary/aromatic N) is 2. The van der Waals surface area contributed by atoms with E-state index in [0.29, 0.717) is 6.04 Å². The first-order chi connectivity index (χ1) is 4.75. The molecule has 0 N–H and O–H groups in total. The maximum atomic E-state index is 4.23. The highest BCUT2D eigenvalue weighted by molar-refractivity contribution is 5.84. The van der Waals surface area contributed by atoms with E-state index in [2.05, 4.69) is 23.7 Å². The Morgan fingerprint density at radius 1 is 1.50 bits per heavy atom. The molecule has 1 fully saturated rings. The first kappa shape index (κ1) is 7.58. The van der Waals surface area contributed by atoms with Gasteiger partial charge in [-0.25, -0.2) is 0 Å². The third-order valence-electron chi connectivity index (χ3n) is 2.01. The summed E-state index contributed by atoms with van der Waals surface area (Å²) in [5, 5.41) is 0. The zero-order valence-corrected chi connectivity index (χ0v) is 7.09. The van der Waals surface area contributed by atoms with Crippen molar-refractivity contribution < 1.29 is 0 Å². The average molecular weight is 140 g/mol. The predicted octanol–water partition coefficient (Wildman–Crippen LogP) is 1.52. The molecule has 0 spiro atoms. The molecular weight excluding hydrogens is 124 g/mol. The smallest absolute Gasteiger partial charge is 0.0988 e. The summed E-state index contributed by atoms with van der Waals surface area (Å²) in [6, 6.07) is 0.626. The zero-order valence-electron chi connectivity index (χ0n) is 7.09. The third-order valence-corrected chi connectivity index (χ3v) is 2.01. The van der Waals surface area contributed by atoms with E-state index in [4.69, 9.17) is 0 Å². The monoisotopic (exact) mass is 140 g/mol. The Morgan fingerprint density at radius 3 is 2.60 bits per heavy atom. The van der Waals surface area contributed by atoms with Gasteiger partial charge in [-0.05, 0) is 20.3 Å². The number of hydrogen-bond donors (Lipinski definition) is 0. The van der Waals surface area contributed by atoms with E-state index in [1.807, 2.05) is 7.05 Å². The lowest BCUT2D eigenvalue weighted by Crippen LogP contribution is -2.31. The van der Waals surface area contributed by atoms with Crippen molar-refractivity contribution in [1.29, 1.82) is 0 Å². The van der Waals surface area contributed by atoms with Crippen LogP contribution in [0.4, 0.5) is 0 Å². The minimum atomic E-state index is 0.626. The molecular formula is C8H16N2. The molecule has 2 nitrogen and oxygen atoms in total. The lowest BCUT2D eigenvalue weighted by molar-refractivity contribution is 0.377. The van der Waals surface area contributed by atoms with Gasteiger partial charge in [0.1, 0.15) is 0 Å². The van der Waals surface area contributed by atoms with Gasteiger partial charge in [0.15, 0.2) is 0 Å². The Bertz CT molecular complexity index is 138. The minimum Gasteiger partial charge on any atom is -0.358 e. The molecule has 10 heavy (non-hydrogen) atoms. The first-order valence-electron chi connectivity index (χ1n) is 3.98. The molecule has 0 aromatic carbocycles. The minimum absolute atomic E-state index is 0.626. The van der Waals surface area contributed by atoms with E-state index in [-0.39, 0.29) is 0 Å². The molecule has 0 unspecified atom stereocenters. The fourth-order valence-electron chi connectivity index (χ4n) is 1.48. The fraction of sp³-hybridized carbons (Fsp3) is 0.875. The van der Waals surface area contributed by atoms with Crippen molar-refractivity contribution in [1.82, 2.24) is 4.90 Å². The summed E-state index contributed by atoms with van der Waals surface area (Å²) in [5.74, 6) is 1.29. The van der Waals surface area contributed by atoms with Crippen LogP contribution < -0.4 is 0 Å².